The van der Waals surface area contributed by atoms with E-state index in [9.17, 15) is 4.79 Å². The predicted octanol–water partition coefficient (Wildman–Crippen LogP) is 2.52. The second-order valence-electron chi connectivity index (χ2n) is 5.04. The Morgan fingerprint density at radius 2 is 1.60 bits per heavy atom. The van der Waals surface area contributed by atoms with Gasteiger partial charge in [0, 0.05) is 12.1 Å². The number of ether oxygens (including phenoxy) is 3. The second kappa shape index (κ2) is 8.89. The van der Waals surface area contributed by atoms with Gasteiger partial charge < -0.3 is 19.5 Å². The zero-order chi connectivity index (χ0) is 18.2. The molecule has 0 saturated heterocycles. The van der Waals surface area contributed by atoms with Gasteiger partial charge in [-0.25, -0.2) is 0 Å². The molecular formula is C18H20N2O4S. The van der Waals surface area contributed by atoms with Crippen molar-refractivity contribution in [3.05, 3.63) is 53.6 Å². The van der Waals surface area contributed by atoms with Gasteiger partial charge in [0.2, 0.25) is 5.75 Å². The van der Waals surface area contributed by atoms with Crippen LogP contribution < -0.4 is 24.8 Å². The summed E-state index contributed by atoms with van der Waals surface area (Å²) in [5, 5.41) is 5.87. The first kappa shape index (κ1) is 18.5. The highest BCUT2D eigenvalue weighted by Crippen LogP contribution is 2.38. The van der Waals surface area contributed by atoms with E-state index in [0.717, 1.165) is 5.56 Å². The molecule has 6 nitrogen and oxygen atoms in total. The average Bonchev–Trinajstić information content (AvgIpc) is 2.65. The minimum absolute atomic E-state index is 0.239. The molecule has 2 aromatic carbocycles. The highest BCUT2D eigenvalue weighted by molar-refractivity contribution is 7.80. The number of rotatable bonds is 6. The molecule has 2 N–H and O–H groups in total. The number of thiocarbonyl (C=S) groups is 1. The fourth-order valence-electron chi connectivity index (χ4n) is 2.21. The molecule has 7 heteroatoms. The Labute approximate surface area is 152 Å². The smallest absolute Gasteiger partial charge is 0.257 e. The number of carbonyl (C=O) groups excluding carboxylic acids is 1. The normalized spacial score (nSPS) is 9.88. The average molecular weight is 360 g/mol. The van der Waals surface area contributed by atoms with E-state index < -0.39 is 0 Å². The largest absolute Gasteiger partial charge is 0.493 e. The van der Waals surface area contributed by atoms with Crippen molar-refractivity contribution >= 4 is 23.2 Å². The van der Waals surface area contributed by atoms with Crippen LogP contribution >= 0.6 is 12.2 Å². The molecule has 0 saturated carbocycles. The van der Waals surface area contributed by atoms with Crippen molar-refractivity contribution in [3.8, 4) is 17.2 Å². The van der Waals surface area contributed by atoms with Gasteiger partial charge in [0.05, 0.1) is 21.3 Å². The lowest BCUT2D eigenvalue weighted by atomic mass is 10.1. The van der Waals surface area contributed by atoms with Gasteiger partial charge >= 0.3 is 0 Å². The van der Waals surface area contributed by atoms with Crippen LogP contribution in [0.25, 0.3) is 0 Å². The molecule has 0 fully saturated rings. The lowest BCUT2D eigenvalue weighted by Gasteiger charge is -2.14. The quantitative estimate of drug-likeness (QED) is 0.772. The number of carbonyl (C=O) groups is 1. The number of nitrogens with one attached hydrogen (secondary N) is 2. The van der Waals surface area contributed by atoms with Crippen molar-refractivity contribution in [2.45, 2.75) is 6.54 Å². The van der Waals surface area contributed by atoms with Crippen molar-refractivity contribution in [1.29, 1.82) is 0 Å². The number of methoxy groups -OCH3 is 3. The van der Waals surface area contributed by atoms with E-state index in [1.54, 1.807) is 12.1 Å². The maximum absolute atomic E-state index is 12.4. The second-order valence-corrected chi connectivity index (χ2v) is 5.44. The molecule has 25 heavy (non-hydrogen) atoms. The lowest BCUT2D eigenvalue weighted by molar-refractivity contribution is 0.0976. The van der Waals surface area contributed by atoms with Crippen LogP contribution in [0.1, 0.15) is 15.9 Å². The van der Waals surface area contributed by atoms with Gasteiger partial charge in [-0.05, 0) is 29.9 Å². The fraction of sp³-hybridized carbons (Fsp3) is 0.222. The van der Waals surface area contributed by atoms with Crippen LogP contribution in [0.2, 0.25) is 0 Å². The van der Waals surface area contributed by atoms with Crippen molar-refractivity contribution in [3.63, 3.8) is 0 Å². The molecule has 0 aliphatic rings. The molecule has 2 rings (SSSR count). The number of benzene rings is 2. The summed E-state index contributed by atoms with van der Waals surface area (Å²) in [5.41, 5.74) is 1.41. The van der Waals surface area contributed by atoms with Gasteiger partial charge in [-0.2, -0.15) is 0 Å². The van der Waals surface area contributed by atoms with E-state index in [1.165, 1.54) is 21.3 Å². The highest BCUT2D eigenvalue weighted by Gasteiger charge is 2.17. The summed E-state index contributed by atoms with van der Waals surface area (Å²) >= 11 is 5.17. The zero-order valence-electron chi connectivity index (χ0n) is 14.3. The Hall–Kier alpha value is -2.80. The molecule has 0 heterocycles. The molecular weight excluding hydrogens is 340 g/mol. The summed E-state index contributed by atoms with van der Waals surface area (Å²) in [6, 6.07) is 12.9. The summed E-state index contributed by atoms with van der Waals surface area (Å²) in [4.78, 5) is 12.4. The lowest BCUT2D eigenvalue weighted by Crippen LogP contribution is -2.38. The van der Waals surface area contributed by atoms with Crippen molar-refractivity contribution < 1.29 is 19.0 Å². The van der Waals surface area contributed by atoms with Crippen molar-refractivity contribution in [2.24, 2.45) is 0 Å². The van der Waals surface area contributed by atoms with Crippen LogP contribution in [0.4, 0.5) is 0 Å². The Morgan fingerprint density at radius 3 is 2.12 bits per heavy atom. The predicted molar refractivity (Wildman–Crippen MR) is 99.4 cm³/mol. The van der Waals surface area contributed by atoms with Crippen LogP contribution in [0.15, 0.2) is 42.5 Å². The molecule has 0 aromatic heterocycles. The highest BCUT2D eigenvalue weighted by atomic mass is 32.1. The maximum atomic E-state index is 12.4. The molecule has 132 valence electrons. The van der Waals surface area contributed by atoms with Gasteiger partial charge in [-0.1, -0.05) is 30.3 Å². The first-order chi connectivity index (χ1) is 12.1. The van der Waals surface area contributed by atoms with E-state index >= 15 is 0 Å². The van der Waals surface area contributed by atoms with E-state index in [0.29, 0.717) is 29.4 Å². The minimum Gasteiger partial charge on any atom is -0.493 e. The Kier molecular flexibility index (Phi) is 6.59. The standard InChI is InChI=1S/C18H20N2O4S/c1-22-14-9-13(10-15(23-2)16(14)24-3)17(21)20-18(25)19-11-12-7-5-4-6-8-12/h4-10H,11H2,1-3H3,(H2,19,20,21,25). The summed E-state index contributed by atoms with van der Waals surface area (Å²) in [6.45, 7) is 0.523. The van der Waals surface area contributed by atoms with Crippen LogP contribution in [0, 0.1) is 0 Å². The van der Waals surface area contributed by atoms with Gasteiger partial charge in [-0.3, -0.25) is 10.1 Å². The first-order valence-corrected chi connectivity index (χ1v) is 7.93. The van der Waals surface area contributed by atoms with E-state index in [-0.39, 0.29) is 11.0 Å². The molecule has 0 radical (unpaired) electrons. The molecule has 1 amide bonds. The fourth-order valence-corrected chi connectivity index (χ4v) is 2.37. The third-order valence-corrected chi connectivity index (χ3v) is 3.70. The van der Waals surface area contributed by atoms with E-state index in [2.05, 4.69) is 10.6 Å². The van der Waals surface area contributed by atoms with Crippen LogP contribution in [-0.4, -0.2) is 32.3 Å². The van der Waals surface area contributed by atoms with Crippen LogP contribution in [0.5, 0.6) is 17.2 Å². The van der Waals surface area contributed by atoms with Gasteiger partial charge in [-0.15, -0.1) is 0 Å². The summed E-state index contributed by atoms with van der Waals surface area (Å²) in [6.07, 6.45) is 0. The van der Waals surface area contributed by atoms with Crippen LogP contribution in [-0.2, 0) is 6.54 Å². The SMILES string of the molecule is COc1cc(C(=O)NC(=S)NCc2ccccc2)cc(OC)c1OC. The molecule has 2 aromatic rings. The Balaban J connectivity index is 2.06. The van der Waals surface area contributed by atoms with Crippen molar-refractivity contribution in [2.75, 3.05) is 21.3 Å². The zero-order valence-corrected chi connectivity index (χ0v) is 15.1. The number of amides is 1. The van der Waals surface area contributed by atoms with Gasteiger partial charge in [0.25, 0.3) is 5.91 Å². The molecule has 0 unspecified atom stereocenters. The van der Waals surface area contributed by atoms with Gasteiger partial charge in [0.1, 0.15) is 0 Å². The van der Waals surface area contributed by atoms with Crippen LogP contribution in [0.3, 0.4) is 0 Å². The molecule has 0 atom stereocenters. The topological polar surface area (TPSA) is 68.8 Å². The van der Waals surface area contributed by atoms with Gasteiger partial charge in [0.15, 0.2) is 16.6 Å². The minimum atomic E-state index is -0.371. The Morgan fingerprint density at radius 1 is 1.00 bits per heavy atom. The van der Waals surface area contributed by atoms with Crippen molar-refractivity contribution in [1.82, 2.24) is 10.6 Å². The Bertz CT molecular complexity index is 725. The number of hydrogen-bond donors (Lipinski definition) is 2. The van der Waals surface area contributed by atoms with E-state index in [4.69, 9.17) is 26.4 Å². The van der Waals surface area contributed by atoms with E-state index in [1.807, 2.05) is 30.3 Å². The molecule has 0 aliphatic carbocycles. The first-order valence-electron chi connectivity index (χ1n) is 7.52. The summed E-state index contributed by atoms with van der Waals surface area (Å²) in [7, 11) is 4.48. The number of hydrogen-bond acceptors (Lipinski definition) is 5. The molecule has 0 bridgehead atoms. The summed E-state index contributed by atoms with van der Waals surface area (Å²) < 4.78 is 15.7. The monoisotopic (exact) mass is 360 g/mol. The molecule has 0 spiro atoms. The third-order valence-electron chi connectivity index (χ3n) is 3.45. The summed E-state index contributed by atoms with van der Waals surface area (Å²) in [5.74, 6) is 0.849. The molecule has 0 aliphatic heterocycles. The third kappa shape index (κ3) is 4.84. The maximum Gasteiger partial charge on any atom is 0.257 e.